The molecule has 0 aliphatic rings. The van der Waals surface area contributed by atoms with Crippen LogP contribution in [0.3, 0.4) is 0 Å². The molecule has 0 amide bonds. The molecule has 37 heavy (non-hydrogen) atoms. The van der Waals surface area contributed by atoms with E-state index < -0.39 is 5.92 Å². The summed E-state index contributed by atoms with van der Waals surface area (Å²) in [6.45, 7) is 6.33. The van der Waals surface area contributed by atoms with Crippen molar-refractivity contribution in [2.45, 2.75) is 32.2 Å². The molecule has 2 aromatic heterocycles. The lowest BCUT2D eigenvalue weighted by Gasteiger charge is -2.22. The number of nitrogens with zero attached hydrogens (tertiary/aromatic N) is 2. The topological polar surface area (TPSA) is 55.6 Å². The van der Waals surface area contributed by atoms with Crippen LogP contribution >= 0.6 is 15.9 Å². The third-order valence-electron chi connectivity index (χ3n) is 5.90. The largest absolute Gasteiger partial charge is 0.426 e. The molecule has 0 fully saturated rings. The van der Waals surface area contributed by atoms with Gasteiger partial charge < -0.3 is 10.1 Å². The fourth-order valence-corrected chi connectivity index (χ4v) is 4.67. The van der Waals surface area contributed by atoms with Crippen molar-refractivity contribution in [3.63, 3.8) is 0 Å². The molecule has 5 rings (SSSR count). The van der Waals surface area contributed by atoms with E-state index in [0.717, 1.165) is 38.3 Å². The predicted molar refractivity (Wildman–Crippen MR) is 152 cm³/mol. The number of hydrogen-bond donors (Lipinski definition) is 1. The second-order valence-electron chi connectivity index (χ2n) is 9.96. The Morgan fingerprint density at radius 3 is 2.16 bits per heavy atom. The van der Waals surface area contributed by atoms with Gasteiger partial charge >= 0.3 is 5.97 Å². The lowest BCUT2D eigenvalue weighted by atomic mass is 9.91. The van der Waals surface area contributed by atoms with E-state index >= 15 is 0 Å². The number of benzene rings is 3. The summed E-state index contributed by atoms with van der Waals surface area (Å²) < 4.78 is 8.97. The van der Waals surface area contributed by atoms with E-state index in [1.54, 1.807) is 6.07 Å². The Morgan fingerprint density at radius 2 is 1.54 bits per heavy atom. The number of nitrogens with one attached hydrogen (secondary N) is 1. The van der Waals surface area contributed by atoms with Crippen molar-refractivity contribution in [3.05, 3.63) is 119 Å². The minimum atomic E-state index is -0.531. The highest BCUT2D eigenvalue weighted by Gasteiger charge is 2.25. The van der Waals surface area contributed by atoms with Crippen molar-refractivity contribution in [2.75, 3.05) is 5.32 Å². The van der Waals surface area contributed by atoms with E-state index in [1.165, 1.54) is 0 Å². The summed E-state index contributed by atoms with van der Waals surface area (Å²) >= 11 is 3.57. The van der Waals surface area contributed by atoms with Crippen molar-refractivity contribution >= 4 is 33.4 Å². The molecule has 0 aliphatic heterocycles. The SMILES string of the molecule is CC(C)(C)Nc1c(-c2cccc(OC(=O)C(c3ccccc3)c3ccccc3)c2)nc2ccc(Br)cn12. The maximum atomic E-state index is 13.5. The Bertz CT molecular complexity index is 1500. The normalized spacial score (nSPS) is 11.6. The van der Waals surface area contributed by atoms with Gasteiger partial charge in [0.15, 0.2) is 0 Å². The Labute approximate surface area is 225 Å². The van der Waals surface area contributed by atoms with Crippen molar-refractivity contribution in [1.82, 2.24) is 9.38 Å². The number of rotatable bonds is 6. The average Bonchev–Trinajstić information content (AvgIpc) is 3.21. The van der Waals surface area contributed by atoms with Crippen LogP contribution in [0.25, 0.3) is 16.9 Å². The first-order valence-electron chi connectivity index (χ1n) is 12.2. The second-order valence-corrected chi connectivity index (χ2v) is 10.9. The zero-order valence-corrected chi connectivity index (χ0v) is 22.6. The van der Waals surface area contributed by atoms with E-state index in [1.807, 2.05) is 102 Å². The maximum Gasteiger partial charge on any atom is 0.323 e. The van der Waals surface area contributed by atoms with Gasteiger partial charge in [-0.2, -0.15) is 0 Å². The Balaban J connectivity index is 1.52. The van der Waals surface area contributed by atoms with Gasteiger partial charge in [-0.25, -0.2) is 4.98 Å². The highest BCUT2D eigenvalue weighted by molar-refractivity contribution is 9.10. The highest BCUT2D eigenvalue weighted by atomic mass is 79.9. The number of aromatic nitrogens is 2. The van der Waals surface area contributed by atoms with Gasteiger partial charge in [0.1, 0.15) is 28.8 Å². The van der Waals surface area contributed by atoms with Crippen molar-refractivity contribution < 1.29 is 9.53 Å². The molecule has 2 heterocycles. The standard InChI is InChI=1S/C31H28BrN3O2/c1-31(2,3)34-29-28(33-26-18-17-24(32)20-35(26)29)23-15-10-16-25(19-23)37-30(36)27(21-11-6-4-7-12-21)22-13-8-5-9-14-22/h4-20,27,34H,1-3H3. The van der Waals surface area contributed by atoms with Gasteiger partial charge in [-0.05, 0) is 72.1 Å². The number of halogens is 1. The Hall–Kier alpha value is -3.90. The number of hydrogen-bond acceptors (Lipinski definition) is 4. The Morgan fingerprint density at radius 1 is 0.892 bits per heavy atom. The average molecular weight is 554 g/mol. The van der Waals surface area contributed by atoms with Crippen LogP contribution in [-0.4, -0.2) is 20.9 Å². The first-order chi connectivity index (χ1) is 17.8. The predicted octanol–water partition coefficient (Wildman–Crippen LogP) is 7.71. The molecule has 0 atom stereocenters. The number of fused-ring (bicyclic) bond motifs is 1. The van der Waals surface area contributed by atoms with E-state index in [-0.39, 0.29) is 11.5 Å². The molecule has 5 nitrogen and oxygen atoms in total. The third kappa shape index (κ3) is 5.59. The molecule has 5 aromatic rings. The lowest BCUT2D eigenvalue weighted by molar-refractivity contribution is -0.135. The van der Waals surface area contributed by atoms with Crippen LogP contribution in [-0.2, 0) is 4.79 Å². The van der Waals surface area contributed by atoms with Crippen LogP contribution in [0.15, 0.2) is 108 Å². The number of esters is 1. The molecule has 0 spiro atoms. The molecule has 0 bridgehead atoms. The molecular weight excluding hydrogens is 526 g/mol. The third-order valence-corrected chi connectivity index (χ3v) is 6.37. The van der Waals surface area contributed by atoms with E-state index in [0.29, 0.717) is 5.75 Å². The molecular formula is C31H28BrN3O2. The monoisotopic (exact) mass is 553 g/mol. The number of ether oxygens (including phenoxy) is 1. The molecule has 1 N–H and O–H groups in total. The van der Waals surface area contributed by atoms with Crippen molar-refractivity contribution in [1.29, 1.82) is 0 Å². The van der Waals surface area contributed by atoms with Gasteiger partial charge in [0.25, 0.3) is 0 Å². The quantitative estimate of drug-likeness (QED) is 0.173. The van der Waals surface area contributed by atoms with E-state index in [4.69, 9.17) is 9.72 Å². The smallest absolute Gasteiger partial charge is 0.323 e. The van der Waals surface area contributed by atoms with Gasteiger partial charge in [-0.3, -0.25) is 9.20 Å². The molecule has 186 valence electrons. The van der Waals surface area contributed by atoms with Crippen LogP contribution in [0.4, 0.5) is 5.82 Å². The van der Waals surface area contributed by atoms with Gasteiger partial charge in [0.05, 0.1) is 0 Å². The Kier molecular flexibility index (Phi) is 6.85. The van der Waals surface area contributed by atoms with Gasteiger partial charge in [-0.1, -0.05) is 72.8 Å². The van der Waals surface area contributed by atoms with Crippen LogP contribution in [0.1, 0.15) is 37.8 Å². The number of imidazole rings is 1. The summed E-state index contributed by atoms with van der Waals surface area (Å²) in [5, 5.41) is 3.59. The minimum absolute atomic E-state index is 0.185. The van der Waals surface area contributed by atoms with E-state index in [2.05, 4.69) is 42.0 Å². The van der Waals surface area contributed by atoms with Crippen LogP contribution in [0.5, 0.6) is 5.75 Å². The summed E-state index contributed by atoms with van der Waals surface area (Å²) in [6, 6.07) is 30.9. The van der Waals surface area contributed by atoms with Crippen molar-refractivity contribution in [2.24, 2.45) is 0 Å². The fraction of sp³-hybridized carbons (Fsp3) is 0.161. The van der Waals surface area contributed by atoms with Crippen molar-refractivity contribution in [3.8, 4) is 17.0 Å². The number of pyridine rings is 1. The zero-order chi connectivity index (χ0) is 26.0. The highest BCUT2D eigenvalue weighted by Crippen LogP contribution is 2.34. The summed E-state index contributed by atoms with van der Waals surface area (Å²) in [6.07, 6.45) is 1.99. The molecule has 0 saturated carbocycles. The number of anilines is 1. The first-order valence-corrected chi connectivity index (χ1v) is 13.0. The van der Waals surface area contributed by atoms with Gasteiger partial charge in [-0.15, -0.1) is 0 Å². The minimum Gasteiger partial charge on any atom is -0.426 e. The fourth-order valence-electron chi connectivity index (χ4n) is 4.33. The van der Waals surface area contributed by atoms with Gasteiger partial charge in [0, 0.05) is 21.8 Å². The molecule has 3 aromatic carbocycles. The summed E-state index contributed by atoms with van der Waals surface area (Å²) in [7, 11) is 0. The lowest BCUT2D eigenvalue weighted by Crippen LogP contribution is -2.27. The molecule has 0 unspecified atom stereocenters. The molecule has 0 saturated heterocycles. The van der Waals surface area contributed by atoms with E-state index in [9.17, 15) is 4.79 Å². The molecule has 0 aliphatic carbocycles. The maximum absolute atomic E-state index is 13.5. The molecule has 6 heteroatoms. The summed E-state index contributed by atoms with van der Waals surface area (Å²) in [4.78, 5) is 18.4. The van der Waals surface area contributed by atoms with Gasteiger partial charge in [0.2, 0.25) is 0 Å². The summed E-state index contributed by atoms with van der Waals surface area (Å²) in [5.41, 5.74) is 4.05. The number of carbonyl (C=O) groups excluding carboxylic acids is 1. The second kappa shape index (κ2) is 10.2. The first kappa shape index (κ1) is 24.8. The van der Waals surface area contributed by atoms with Crippen LogP contribution < -0.4 is 10.1 Å². The zero-order valence-electron chi connectivity index (χ0n) is 21.0. The van der Waals surface area contributed by atoms with Crippen LogP contribution in [0, 0.1) is 0 Å². The summed E-state index contributed by atoms with van der Waals surface area (Å²) in [5.74, 6) is 0.483. The van der Waals surface area contributed by atoms with Crippen LogP contribution in [0.2, 0.25) is 0 Å². The molecule has 0 radical (unpaired) electrons. The number of carbonyl (C=O) groups is 1.